The highest BCUT2D eigenvalue weighted by Crippen LogP contribution is 2.44. The molecule has 11 heteroatoms. The minimum atomic E-state index is -4.00. The predicted molar refractivity (Wildman–Crippen MR) is 113 cm³/mol. The maximum absolute atomic E-state index is 13.2. The molecule has 7 nitrogen and oxygen atoms in total. The van der Waals surface area contributed by atoms with Gasteiger partial charge in [-0.1, -0.05) is 19.3 Å². The van der Waals surface area contributed by atoms with E-state index in [0.29, 0.717) is 11.4 Å². The van der Waals surface area contributed by atoms with Crippen LogP contribution in [0, 0.1) is 5.92 Å². The number of rotatable bonds is 5. The van der Waals surface area contributed by atoms with Gasteiger partial charge in [0.25, 0.3) is 0 Å². The number of alkyl halides is 2. The molecule has 2 aliphatic rings. The zero-order valence-electron chi connectivity index (χ0n) is 15.2. The van der Waals surface area contributed by atoms with Crippen molar-refractivity contribution in [2.45, 2.75) is 48.5 Å². The number of nitrogen functional groups attached to an aromatic ring is 1. The average Bonchev–Trinajstić information content (AvgIpc) is 3.05. The number of aromatic nitrogens is 1. The lowest BCUT2D eigenvalue weighted by Crippen LogP contribution is -2.19. The van der Waals surface area contributed by atoms with Gasteiger partial charge in [-0.15, -0.1) is 0 Å². The first-order chi connectivity index (χ1) is 13.9. The Kier molecular flexibility index (Phi) is 5.69. The standard InChI is InChI=1S/C18H19F2IN4O3S/c19-18(20)28-11-6-8-12(9-7-11)29(26,27)16-15-14(23-17(16)22)13(24-21-25-15)10-4-2-1-3-5-10/h6-10,18,23H,1-5,22H2. The summed E-state index contributed by atoms with van der Waals surface area (Å²) in [6.45, 7) is -2.98. The Morgan fingerprint density at radius 2 is 1.86 bits per heavy atom. The van der Waals surface area contributed by atoms with Crippen molar-refractivity contribution in [2.75, 3.05) is 5.73 Å². The molecule has 4 rings (SSSR count). The summed E-state index contributed by atoms with van der Waals surface area (Å²) in [7, 11) is -4.00. The largest absolute Gasteiger partial charge is 0.435 e. The number of fused-ring (bicyclic) bond motifs is 1. The van der Waals surface area contributed by atoms with E-state index in [1.54, 1.807) is 0 Å². The fraction of sp³-hybridized carbons (Fsp3) is 0.389. The number of H-pyrrole nitrogens is 1. The second kappa shape index (κ2) is 8.09. The van der Waals surface area contributed by atoms with Gasteiger partial charge in [0, 0.05) is 5.92 Å². The summed E-state index contributed by atoms with van der Waals surface area (Å²) >= 11 is -0.909. The Morgan fingerprint density at radius 3 is 2.52 bits per heavy atom. The molecule has 2 aromatic rings. The number of ether oxygens (including phenoxy) is 1. The Labute approximate surface area is 177 Å². The van der Waals surface area contributed by atoms with Crippen LogP contribution in [0.2, 0.25) is 0 Å². The van der Waals surface area contributed by atoms with Crippen LogP contribution in [0.3, 0.4) is 0 Å². The van der Waals surface area contributed by atoms with Crippen LogP contribution in [0.5, 0.6) is 5.75 Å². The number of benzene rings is 1. The molecule has 1 aromatic heterocycles. The maximum atomic E-state index is 13.2. The maximum Gasteiger partial charge on any atom is 0.387 e. The van der Waals surface area contributed by atoms with Gasteiger partial charge in [0.2, 0.25) is 9.84 Å². The number of nitrogens with zero attached hydrogens (tertiary/aromatic N) is 2. The zero-order valence-corrected chi connectivity index (χ0v) is 18.2. The number of aromatic amines is 1. The molecule has 2 heterocycles. The Bertz CT molecular complexity index is 1080. The van der Waals surface area contributed by atoms with Gasteiger partial charge >= 0.3 is 6.61 Å². The summed E-state index contributed by atoms with van der Waals surface area (Å²) < 4.78 is 64.4. The number of nitrogens with one attached hydrogen (secondary N) is 1. The fourth-order valence-corrected chi connectivity index (χ4v) is 7.05. The lowest BCUT2D eigenvalue weighted by atomic mass is 9.84. The smallest absolute Gasteiger partial charge is 0.387 e. The first-order valence-corrected chi connectivity index (χ1v) is 12.5. The third-order valence-electron chi connectivity index (χ3n) is 5.08. The number of anilines is 1. The summed E-state index contributed by atoms with van der Waals surface area (Å²) in [6, 6.07) is 4.82. The minimum absolute atomic E-state index is 0.0149. The lowest BCUT2D eigenvalue weighted by Gasteiger charge is -2.23. The molecule has 0 saturated heterocycles. The molecule has 1 fully saturated rings. The normalized spacial score (nSPS) is 17.6. The molecular weight excluding hydrogens is 517 g/mol. The molecule has 1 aromatic carbocycles. The van der Waals surface area contributed by atoms with Crippen molar-refractivity contribution in [3.8, 4) is 5.75 Å². The van der Waals surface area contributed by atoms with Gasteiger partial charge in [-0.05, 0) is 37.1 Å². The second-order valence-corrected chi connectivity index (χ2v) is 10.2. The number of hydrogen-bond donors (Lipinski definition) is 2. The summed E-state index contributed by atoms with van der Waals surface area (Å²) in [5.41, 5.74) is 7.90. The van der Waals surface area contributed by atoms with Crippen LogP contribution in [0.4, 0.5) is 20.3 Å². The molecule has 0 spiro atoms. The van der Waals surface area contributed by atoms with Crippen molar-refractivity contribution in [2.24, 2.45) is 12.3 Å². The lowest BCUT2D eigenvalue weighted by molar-refractivity contribution is -0.0498. The Hall–Kier alpha value is -1.89. The highest BCUT2D eigenvalue weighted by Gasteiger charge is 2.34. The van der Waals surface area contributed by atoms with Crippen LogP contribution >= 0.6 is 21.3 Å². The van der Waals surface area contributed by atoms with Crippen molar-refractivity contribution in [3.63, 3.8) is 0 Å². The van der Waals surface area contributed by atoms with Gasteiger partial charge in [0.1, 0.15) is 43.5 Å². The van der Waals surface area contributed by atoms with Gasteiger partial charge < -0.3 is 15.5 Å². The topological polar surface area (TPSA) is 110 Å². The van der Waals surface area contributed by atoms with Crippen LogP contribution < -0.4 is 10.5 Å². The molecule has 0 radical (unpaired) electrons. The van der Waals surface area contributed by atoms with E-state index in [9.17, 15) is 17.2 Å². The van der Waals surface area contributed by atoms with Gasteiger partial charge in [-0.25, -0.2) is 14.8 Å². The van der Waals surface area contributed by atoms with Gasteiger partial charge in [-0.2, -0.15) is 8.78 Å². The molecule has 3 N–H and O–H groups in total. The van der Waals surface area contributed by atoms with Crippen LogP contribution in [-0.4, -0.2) is 25.7 Å². The Balaban J connectivity index is 1.72. The number of halogens is 3. The molecule has 0 amide bonds. The van der Waals surface area contributed by atoms with Gasteiger partial charge in [-0.3, -0.25) is 0 Å². The molecule has 0 bridgehead atoms. The van der Waals surface area contributed by atoms with E-state index < -0.39 is 37.8 Å². The molecule has 29 heavy (non-hydrogen) atoms. The SMILES string of the molecule is Nc1[nH]c2c(c1S(=O)(=O)c1ccc(OC(F)F)cc1)N=IN=C2C1CCCCC1. The number of nitrogens with two attached hydrogens (primary N) is 1. The van der Waals surface area contributed by atoms with Gasteiger partial charge in [0.15, 0.2) is 0 Å². The van der Waals surface area contributed by atoms with Crippen molar-refractivity contribution in [1.29, 1.82) is 0 Å². The van der Waals surface area contributed by atoms with Crippen LogP contribution in [0.1, 0.15) is 37.8 Å². The fourth-order valence-electron chi connectivity index (χ4n) is 3.74. The summed E-state index contributed by atoms with van der Waals surface area (Å²) in [5, 5.41) is 0. The van der Waals surface area contributed by atoms with E-state index in [2.05, 4.69) is 16.1 Å². The second-order valence-electron chi connectivity index (χ2n) is 6.91. The molecular formula is C18H19F2IN4O3S. The quantitative estimate of drug-likeness (QED) is 0.518. The molecule has 1 aliphatic carbocycles. The van der Waals surface area contributed by atoms with E-state index in [1.165, 1.54) is 30.7 Å². The van der Waals surface area contributed by atoms with Crippen LogP contribution in [-0.2, 0) is 9.84 Å². The first kappa shape index (κ1) is 20.4. The van der Waals surface area contributed by atoms with E-state index in [0.717, 1.165) is 31.4 Å². The van der Waals surface area contributed by atoms with Crippen molar-refractivity contribution >= 4 is 48.4 Å². The summed E-state index contributed by atoms with van der Waals surface area (Å²) in [4.78, 5) is 2.86. The molecule has 156 valence electrons. The van der Waals surface area contributed by atoms with Crippen molar-refractivity contribution < 1.29 is 21.9 Å². The monoisotopic (exact) mass is 536 g/mol. The number of sulfone groups is 1. The van der Waals surface area contributed by atoms with Crippen LogP contribution in [0.25, 0.3) is 0 Å². The highest BCUT2D eigenvalue weighted by atomic mass is 127. The number of hydrogen-bond acceptors (Lipinski definition) is 6. The molecule has 1 aliphatic heterocycles. The van der Waals surface area contributed by atoms with Gasteiger partial charge in [0.05, 0.1) is 16.3 Å². The van der Waals surface area contributed by atoms with E-state index in [1.807, 2.05) is 0 Å². The third-order valence-corrected chi connectivity index (χ3v) is 8.36. The minimum Gasteiger partial charge on any atom is -0.435 e. The van der Waals surface area contributed by atoms with Crippen LogP contribution in [0.15, 0.2) is 40.4 Å². The summed E-state index contributed by atoms with van der Waals surface area (Å²) in [5.74, 6) is 0.184. The third kappa shape index (κ3) is 3.93. The van der Waals surface area contributed by atoms with E-state index >= 15 is 0 Å². The van der Waals surface area contributed by atoms with Crippen molar-refractivity contribution in [3.05, 3.63) is 30.0 Å². The van der Waals surface area contributed by atoms with Crippen molar-refractivity contribution in [1.82, 2.24) is 4.98 Å². The highest BCUT2D eigenvalue weighted by molar-refractivity contribution is 14.1. The first-order valence-electron chi connectivity index (χ1n) is 9.12. The molecule has 0 unspecified atom stereocenters. The predicted octanol–water partition coefficient (Wildman–Crippen LogP) is 5.11. The molecule has 0 atom stereocenters. The zero-order chi connectivity index (χ0) is 20.6. The summed E-state index contributed by atoms with van der Waals surface area (Å²) in [6.07, 6.45) is 5.50. The average molecular weight is 536 g/mol. The Morgan fingerprint density at radius 1 is 1.17 bits per heavy atom. The van der Waals surface area contributed by atoms with E-state index in [-0.39, 0.29) is 27.3 Å². The van der Waals surface area contributed by atoms with E-state index in [4.69, 9.17) is 5.73 Å². The molecule has 1 saturated carbocycles.